The number of sulfone groups is 1. The predicted molar refractivity (Wildman–Crippen MR) is 80.2 cm³/mol. The van der Waals surface area contributed by atoms with Gasteiger partial charge in [-0.2, -0.15) is 5.10 Å². The first kappa shape index (κ1) is 15.5. The molecular formula is C14H25N3O2S. The maximum atomic E-state index is 11.6. The van der Waals surface area contributed by atoms with Crippen LogP contribution in [0.2, 0.25) is 0 Å². The molecular weight excluding hydrogens is 274 g/mol. The maximum absolute atomic E-state index is 11.6. The van der Waals surface area contributed by atoms with Crippen molar-refractivity contribution in [3.05, 3.63) is 18.0 Å². The van der Waals surface area contributed by atoms with Crippen molar-refractivity contribution < 1.29 is 8.42 Å². The van der Waals surface area contributed by atoms with Crippen molar-refractivity contribution in [3.63, 3.8) is 0 Å². The molecule has 2 N–H and O–H groups in total. The van der Waals surface area contributed by atoms with Crippen molar-refractivity contribution in [1.82, 2.24) is 9.78 Å². The highest BCUT2D eigenvalue weighted by Crippen LogP contribution is 2.27. The van der Waals surface area contributed by atoms with Gasteiger partial charge in [-0.15, -0.1) is 0 Å². The molecule has 20 heavy (non-hydrogen) atoms. The lowest BCUT2D eigenvalue weighted by Crippen LogP contribution is -2.26. The average Bonchev–Trinajstić information content (AvgIpc) is 3.01. The summed E-state index contributed by atoms with van der Waals surface area (Å²) < 4.78 is 25.2. The summed E-state index contributed by atoms with van der Waals surface area (Å²) in [4.78, 5) is 0. The zero-order chi connectivity index (χ0) is 14.8. The molecule has 114 valence electrons. The van der Waals surface area contributed by atoms with Gasteiger partial charge < -0.3 is 5.73 Å². The van der Waals surface area contributed by atoms with E-state index >= 15 is 0 Å². The van der Waals surface area contributed by atoms with Crippen molar-refractivity contribution in [2.45, 2.75) is 39.2 Å². The molecule has 1 saturated heterocycles. The molecule has 3 unspecified atom stereocenters. The molecule has 1 aromatic rings. The Balaban J connectivity index is 2.02. The van der Waals surface area contributed by atoms with Crippen LogP contribution in [0.4, 0.5) is 0 Å². The highest BCUT2D eigenvalue weighted by atomic mass is 32.2. The first-order valence-electron chi connectivity index (χ1n) is 7.39. The second-order valence-corrected chi connectivity index (χ2v) is 8.14. The number of hydrogen-bond acceptors (Lipinski definition) is 4. The lowest BCUT2D eigenvalue weighted by molar-refractivity contribution is 0.364. The van der Waals surface area contributed by atoms with Gasteiger partial charge in [0.15, 0.2) is 9.84 Å². The molecule has 0 bridgehead atoms. The molecule has 3 atom stereocenters. The number of rotatable bonds is 6. The standard InChI is InChI=1S/C14H25N3O2S/c1-3-11(2)17-6-4-14(16-17)8-13(9-15)12-5-7-20(18,19)10-12/h4,6,11-13H,3,5,7-10,15H2,1-2H3. The molecule has 0 amide bonds. The van der Waals surface area contributed by atoms with E-state index in [1.54, 1.807) is 0 Å². The van der Waals surface area contributed by atoms with Crippen LogP contribution in [0.15, 0.2) is 12.3 Å². The van der Waals surface area contributed by atoms with Gasteiger partial charge in [-0.05, 0) is 50.6 Å². The number of hydrogen-bond donors (Lipinski definition) is 1. The molecule has 0 aliphatic carbocycles. The molecule has 1 aliphatic heterocycles. The van der Waals surface area contributed by atoms with E-state index in [-0.39, 0.29) is 11.8 Å². The summed E-state index contributed by atoms with van der Waals surface area (Å²) in [7, 11) is -2.84. The van der Waals surface area contributed by atoms with Gasteiger partial charge in [-0.1, -0.05) is 6.92 Å². The second kappa shape index (κ2) is 6.26. The quantitative estimate of drug-likeness (QED) is 0.861. The Kier molecular flexibility index (Phi) is 4.86. The maximum Gasteiger partial charge on any atom is 0.150 e. The van der Waals surface area contributed by atoms with Crippen molar-refractivity contribution >= 4 is 9.84 Å². The number of nitrogens with zero attached hydrogens (tertiary/aromatic N) is 2. The number of aromatic nitrogens is 2. The van der Waals surface area contributed by atoms with Crippen LogP contribution in [0.3, 0.4) is 0 Å². The van der Waals surface area contributed by atoms with E-state index in [1.807, 2.05) is 16.9 Å². The molecule has 0 aromatic carbocycles. The smallest absolute Gasteiger partial charge is 0.150 e. The van der Waals surface area contributed by atoms with E-state index in [9.17, 15) is 8.42 Å². The van der Waals surface area contributed by atoms with Crippen LogP contribution in [-0.4, -0.2) is 36.2 Å². The van der Waals surface area contributed by atoms with Gasteiger partial charge in [0.25, 0.3) is 0 Å². The first-order chi connectivity index (χ1) is 9.45. The van der Waals surface area contributed by atoms with Crippen LogP contribution < -0.4 is 5.73 Å². The summed E-state index contributed by atoms with van der Waals surface area (Å²) >= 11 is 0. The minimum absolute atomic E-state index is 0.193. The van der Waals surface area contributed by atoms with Gasteiger partial charge in [0.05, 0.1) is 17.2 Å². The Hall–Kier alpha value is -0.880. The third-order valence-corrected chi connectivity index (χ3v) is 6.21. The molecule has 1 fully saturated rings. The van der Waals surface area contributed by atoms with Crippen molar-refractivity contribution in [2.24, 2.45) is 17.6 Å². The van der Waals surface area contributed by atoms with Crippen LogP contribution in [0.1, 0.15) is 38.4 Å². The van der Waals surface area contributed by atoms with Gasteiger partial charge in [0, 0.05) is 12.2 Å². The van der Waals surface area contributed by atoms with E-state index in [2.05, 4.69) is 18.9 Å². The Morgan fingerprint density at radius 2 is 2.30 bits per heavy atom. The fraction of sp³-hybridized carbons (Fsp3) is 0.786. The zero-order valence-electron chi connectivity index (χ0n) is 12.3. The SMILES string of the molecule is CCC(C)n1ccc(CC(CN)C2CCS(=O)(=O)C2)n1. The van der Waals surface area contributed by atoms with Crippen LogP contribution in [0.25, 0.3) is 0 Å². The topological polar surface area (TPSA) is 78.0 Å². The normalized spacial score (nSPS) is 24.6. The molecule has 0 saturated carbocycles. The molecule has 2 rings (SSSR count). The van der Waals surface area contributed by atoms with Gasteiger partial charge in [0.1, 0.15) is 0 Å². The van der Waals surface area contributed by atoms with E-state index in [4.69, 9.17) is 5.73 Å². The number of nitrogens with two attached hydrogens (primary N) is 1. The van der Waals surface area contributed by atoms with E-state index in [1.165, 1.54) is 0 Å². The Morgan fingerprint density at radius 3 is 2.85 bits per heavy atom. The zero-order valence-corrected chi connectivity index (χ0v) is 13.1. The highest BCUT2D eigenvalue weighted by Gasteiger charge is 2.33. The minimum Gasteiger partial charge on any atom is -0.330 e. The van der Waals surface area contributed by atoms with Gasteiger partial charge in [-0.25, -0.2) is 8.42 Å². The molecule has 0 radical (unpaired) electrons. The molecule has 1 aliphatic rings. The lowest BCUT2D eigenvalue weighted by Gasteiger charge is -2.19. The summed E-state index contributed by atoms with van der Waals surface area (Å²) in [6.07, 6.45) is 4.57. The molecule has 6 heteroatoms. The van der Waals surface area contributed by atoms with Crippen molar-refractivity contribution in [1.29, 1.82) is 0 Å². The highest BCUT2D eigenvalue weighted by molar-refractivity contribution is 7.91. The molecule has 1 aromatic heterocycles. The van der Waals surface area contributed by atoms with Crippen LogP contribution in [0, 0.1) is 11.8 Å². The average molecular weight is 299 g/mol. The fourth-order valence-electron chi connectivity index (χ4n) is 2.83. The van der Waals surface area contributed by atoms with E-state index in [0.29, 0.717) is 24.1 Å². The van der Waals surface area contributed by atoms with E-state index < -0.39 is 9.84 Å². The third kappa shape index (κ3) is 3.61. The largest absolute Gasteiger partial charge is 0.330 e. The molecule has 2 heterocycles. The monoisotopic (exact) mass is 299 g/mol. The summed E-state index contributed by atoms with van der Waals surface area (Å²) in [5.41, 5.74) is 6.87. The van der Waals surface area contributed by atoms with Crippen LogP contribution >= 0.6 is 0 Å². The Morgan fingerprint density at radius 1 is 1.55 bits per heavy atom. The van der Waals surface area contributed by atoms with Gasteiger partial charge in [-0.3, -0.25) is 4.68 Å². The van der Waals surface area contributed by atoms with Crippen molar-refractivity contribution in [2.75, 3.05) is 18.1 Å². The summed E-state index contributed by atoms with van der Waals surface area (Å²) in [6, 6.07) is 2.42. The Labute approximate surface area is 121 Å². The second-order valence-electron chi connectivity index (χ2n) is 5.91. The predicted octanol–water partition coefficient (Wildman–Crippen LogP) is 1.41. The fourth-order valence-corrected chi connectivity index (χ4v) is 4.75. The summed E-state index contributed by atoms with van der Waals surface area (Å²) in [5.74, 6) is 1.02. The van der Waals surface area contributed by atoms with Gasteiger partial charge in [0.2, 0.25) is 0 Å². The van der Waals surface area contributed by atoms with E-state index in [0.717, 1.165) is 25.0 Å². The minimum atomic E-state index is -2.84. The summed E-state index contributed by atoms with van der Waals surface area (Å²) in [5, 5.41) is 4.59. The third-order valence-electron chi connectivity index (χ3n) is 4.41. The molecule has 5 nitrogen and oxygen atoms in total. The summed E-state index contributed by atoms with van der Waals surface area (Å²) in [6.45, 7) is 4.80. The van der Waals surface area contributed by atoms with Gasteiger partial charge >= 0.3 is 0 Å². The first-order valence-corrected chi connectivity index (χ1v) is 9.21. The van der Waals surface area contributed by atoms with Crippen LogP contribution in [0.5, 0.6) is 0 Å². The molecule has 0 spiro atoms. The van der Waals surface area contributed by atoms with Crippen molar-refractivity contribution in [3.8, 4) is 0 Å². The van der Waals surface area contributed by atoms with Crippen LogP contribution in [-0.2, 0) is 16.3 Å². The Bertz CT molecular complexity index is 538. The lowest BCUT2D eigenvalue weighted by atomic mass is 9.88.